The van der Waals surface area contributed by atoms with Crippen molar-refractivity contribution in [1.82, 2.24) is 0 Å². The second-order valence-electron chi connectivity index (χ2n) is 9.96. The SMILES string of the molecule is CC1=C2CC3C(C)(CC2OC1=O)C1CC1C3(O)COC1OC(CO)C(O)C(O)C1O. The highest BCUT2D eigenvalue weighted by atomic mass is 16.7. The number of esters is 1. The lowest BCUT2D eigenvalue weighted by atomic mass is 9.61. The maximum Gasteiger partial charge on any atom is 0.334 e. The third-order valence-corrected chi connectivity index (χ3v) is 8.48. The van der Waals surface area contributed by atoms with Gasteiger partial charge in [0.25, 0.3) is 0 Å². The molecule has 11 atom stereocenters. The van der Waals surface area contributed by atoms with Gasteiger partial charge in [-0.3, -0.25) is 0 Å². The van der Waals surface area contributed by atoms with Crippen molar-refractivity contribution in [2.24, 2.45) is 23.2 Å². The highest BCUT2D eigenvalue weighted by molar-refractivity contribution is 5.91. The number of ether oxygens (including phenoxy) is 3. The average Bonchev–Trinajstić information content (AvgIpc) is 3.45. The molecule has 0 bridgehead atoms. The van der Waals surface area contributed by atoms with Gasteiger partial charge in [0.15, 0.2) is 6.29 Å². The van der Waals surface area contributed by atoms with Crippen molar-refractivity contribution in [2.75, 3.05) is 13.2 Å². The number of hydrogen-bond donors (Lipinski definition) is 5. The van der Waals surface area contributed by atoms with Crippen molar-refractivity contribution in [1.29, 1.82) is 0 Å². The number of aliphatic hydroxyl groups is 5. The summed E-state index contributed by atoms with van der Waals surface area (Å²) in [5.41, 5.74) is 0.231. The van der Waals surface area contributed by atoms with Gasteiger partial charge in [-0.1, -0.05) is 6.92 Å². The second-order valence-corrected chi connectivity index (χ2v) is 9.96. The average molecular weight is 426 g/mol. The van der Waals surface area contributed by atoms with Gasteiger partial charge >= 0.3 is 5.97 Å². The Morgan fingerprint density at radius 2 is 1.90 bits per heavy atom. The molecule has 5 rings (SSSR count). The molecule has 30 heavy (non-hydrogen) atoms. The van der Waals surface area contributed by atoms with Gasteiger partial charge in [-0.25, -0.2) is 4.79 Å². The molecular formula is C21H30O9. The lowest BCUT2D eigenvalue weighted by Crippen LogP contribution is -2.60. The second kappa shape index (κ2) is 6.71. The van der Waals surface area contributed by atoms with Crippen LogP contribution in [0.5, 0.6) is 0 Å². The zero-order valence-electron chi connectivity index (χ0n) is 17.1. The van der Waals surface area contributed by atoms with Crippen LogP contribution in [0.3, 0.4) is 0 Å². The third kappa shape index (κ3) is 2.70. The molecule has 5 aliphatic rings. The Morgan fingerprint density at radius 1 is 1.17 bits per heavy atom. The quantitative estimate of drug-likeness (QED) is 0.351. The van der Waals surface area contributed by atoms with Crippen LogP contribution in [0.25, 0.3) is 0 Å². The summed E-state index contributed by atoms with van der Waals surface area (Å²) in [6.45, 7) is 3.26. The summed E-state index contributed by atoms with van der Waals surface area (Å²) in [7, 11) is 0. The zero-order chi connectivity index (χ0) is 21.6. The van der Waals surface area contributed by atoms with E-state index in [-0.39, 0.29) is 35.9 Å². The molecule has 2 aliphatic heterocycles. The molecule has 0 aromatic carbocycles. The molecule has 9 heteroatoms. The minimum atomic E-state index is -1.53. The van der Waals surface area contributed by atoms with E-state index < -0.39 is 42.9 Å². The first-order chi connectivity index (χ1) is 14.1. The van der Waals surface area contributed by atoms with Gasteiger partial charge < -0.3 is 39.7 Å². The number of aliphatic hydroxyl groups excluding tert-OH is 4. The maximum absolute atomic E-state index is 12.0. The topological polar surface area (TPSA) is 146 Å². The minimum absolute atomic E-state index is 0.0489. The third-order valence-electron chi connectivity index (χ3n) is 8.48. The zero-order valence-corrected chi connectivity index (χ0v) is 17.1. The summed E-state index contributed by atoms with van der Waals surface area (Å²) in [6, 6.07) is 0. The number of carbonyl (C=O) groups excluding carboxylic acids is 1. The van der Waals surface area contributed by atoms with E-state index in [1.165, 1.54) is 0 Å². The van der Waals surface area contributed by atoms with Crippen LogP contribution in [0, 0.1) is 23.2 Å². The largest absolute Gasteiger partial charge is 0.454 e. The molecule has 2 heterocycles. The van der Waals surface area contributed by atoms with Gasteiger partial charge in [0.1, 0.15) is 30.5 Å². The molecule has 0 radical (unpaired) electrons. The first-order valence-electron chi connectivity index (χ1n) is 10.7. The minimum Gasteiger partial charge on any atom is -0.454 e. The van der Waals surface area contributed by atoms with Crippen LogP contribution < -0.4 is 0 Å². The predicted molar refractivity (Wildman–Crippen MR) is 99.7 cm³/mol. The van der Waals surface area contributed by atoms with Gasteiger partial charge in [-0.2, -0.15) is 0 Å². The smallest absolute Gasteiger partial charge is 0.334 e. The molecule has 3 saturated carbocycles. The lowest BCUT2D eigenvalue weighted by molar-refractivity contribution is -0.311. The molecule has 0 amide bonds. The summed E-state index contributed by atoms with van der Waals surface area (Å²) in [6.07, 6.45) is -4.94. The molecule has 0 aromatic rings. The Hall–Kier alpha value is -1.07. The molecule has 0 aromatic heterocycles. The summed E-state index contributed by atoms with van der Waals surface area (Å²) >= 11 is 0. The summed E-state index contributed by atoms with van der Waals surface area (Å²) in [5, 5.41) is 51.2. The normalized spacial score (nSPS) is 54.5. The van der Waals surface area contributed by atoms with Crippen LogP contribution in [-0.4, -0.2) is 87.1 Å². The Bertz CT molecular complexity index is 780. The van der Waals surface area contributed by atoms with Crippen LogP contribution in [0.4, 0.5) is 0 Å². The van der Waals surface area contributed by atoms with E-state index in [0.717, 1.165) is 12.0 Å². The fraction of sp³-hybridized carbons (Fsp3) is 0.857. The van der Waals surface area contributed by atoms with Gasteiger partial charge in [0, 0.05) is 5.57 Å². The molecule has 4 fully saturated rings. The van der Waals surface area contributed by atoms with Crippen molar-refractivity contribution in [3.8, 4) is 0 Å². The van der Waals surface area contributed by atoms with E-state index in [4.69, 9.17) is 14.2 Å². The van der Waals surface area contributed by atoms with Crippen molar-refractivity contribution < 1.29 is 44.5 Å². The monoisotopic (exact) mass is 426 g/mol. The summed E-state index contributed by atoms with van der Waals surface area (Å²) in [5.74, 6) is -0.0544. The summed E-state index contributed by atoms with van der Waals surface area (Å²) < 4.78 is 16.7. The molecule has 5 N–H and O–H groups in total. The Kier molecular flexibility index (Phi) is 4.66. The number of rotatable bonds is 4. The van der Waals surface area contributed by atoms with Crippen LogP contribution in [0.1, 0.15) is 33.1 Å². The fourth-order valence-electron chi connectivity index (χ4n) is 6.63. The van der Waals surface area contributed by atoms with E-state index in [1.807, 2.05) is 0 Å². The highest BCUT2D eigenvalue weighted by Gasteiger charge is 2.74. The Morgan fingerprint density at radius 3 is 2.60 bits per heavy atom. The summed E-state index contributed by atoms with van der Waals surface area (Å²) in [4.78, 5) is 12.0. The van der Waals surface area contributed by atoms with Crippen molar-refractivity contribution in [2.45, 2.75) is 75.5 Å². The van der Waals surface area contributed by atoms with E-state index in [0.29, 0.717) is 24.3 Å². The standard InChI is InChI=1S/C21H30O9/c1-8-9-3-14-20(2,5-12(9)29-18(8)26)10-4-11(10)21(14,27)7-28-19-17(25)16(24)15(23)13(6-22)30-19/h10-17,19,22-25,27H,3-7H2,1-2H3. The lowest BCUT2D eigenvalue weighted by Gasteiger charge is -2.47. The van der Waals surface area contributed by atoms with E-state index in [2.05, 4.69) is 6.92 Å². The van der Waals surface area contributed by atoms with Gasteiger partial charge in [-0.15, -0.1) is 0 Å². The molecule has 168 valence electrons. The number of fused-ring (bicyclic) bond motifs is 4. The van der Waals surface area contributed by atoms with Crippen molar-refractivity contribution in [3.63, 3.8) is 0 Å². The van der Waals surface area contributed by atoms with Crippen LogP contribution in [0.15, 0.2) is 11.1 Å². The number of carbonyl (C=O) groups is 1. The van der Waals surface area contributed by atoms with Crippen LogP contribution >= 0.6 is 0 Å². The van der Waals surface area contributed by atoms with Crippen molar-refractivity contribution >= 4 is 5.97 Å². The Balaban J connectivity index is 1.35. The van der Waals surface area contributed by atoms with Crippen LogP contribution in [-0.2, 0) is 19.0 Å². The van der Waals surface area contributed by atoms with E-state index >= 15 is 0 Å². The molecule has 9 nitrogen and oxygen atoms in total. The molecule has 0 spiro atoms. The fourth-order valence-corrected chi connectivity index (χ4v) is 6.63. The Labute approximate surface area is 174 Å². The maximum atomic E-state index is 12.0. The van der Waals surface area contributed by atoms with Gasteiger partial charge in [-0.05, 0) is 54.9 Å². The predicted octanol–water partition coefficient (Wildman–Crippen LogP) is -1.16. The molecular weight excluding hydrogens is 396 g/mol. The molecule has 3 aliphatic carbocycles. The van der Waals surface area contributed by atoms with Gasteiger partial charge in [0.2, 0.25) is 0 Å². The number of hydrogen-bond acceptors (Lipinski definition) is 9. The molecule has 1 saturated heterocycles. The molecule has 11 unspecified atom stereocenters. The van der Waals surface area contributed by atoms with Gasteiger partial charge in [0.05, 0.1) is 18.8 Å². The first kappa shape index (κ1) is 20.8. The van der Waals surface area contributed by atoms with Crippen LogP contribution in [0.2, 0.25) is 0 Å². The highest BCUT2D eigenvalue weighted by Crippen LogP contribution is 2.73. The first-order valence-corrected chi connectivity index (χ1v) is 10.7. The van der Waals surface area contributed by atoms with Crippen molar-refractivity contribution in [3.05, 3.63) is 11.1 Å². The van der Waals surface area contributed by atoms with E-state index in [9.17, 15) is 30.3 Å². The van der Waals surface area contributed by atoms with E-state index in [1.54, 1.807) is 6.92 Å².